The fraction of sp³-hybridized carbons (Fsp3) is 0.286. The third-order valence-electron chi connectivity index (χ3n) is 5.17. The summed E-state index contributed by atoms with van der Waals surface area (Å²) in [5.74, 6) is -0.185. The summed E-state index contributed by atoms with van der Waals surface area (Å²) in [7, 11) is 0. The first-order chi connectivity index (χ1) is 11.6. The van der Waals surface area contributed by atoms with Crippen LogP contribution in [0.5, 0.6) is 0 Å². The molecule has 3 heteroatoms. The van der Waals surface area contributed by atoms with Crippen LogP contribution in [0.2, 0.25) is 0 Å². The molecule has 1 fully saturated rings. The van der Waals surface area contributed by atoms with Crippen molar-refractivity contribution in [2.24, 2.45) is 5.92 Å². The van der Waals surface area contributed by atoms with Gasteiger partial charge in [0.2, 0.25) is 0 Å². The first-order valence-corrected chi connectivity index (χ1v) is 8.44. The van der Waals surface area contributed by atoms with E-state index in [1.807, 2.05) is 43.3 Å². The summed E-state index contributed by atoms with van der Waals surface area (Å²) in [6.07, 6.45) is 0.863. The summed E-state index contributed by atoms with van der Waals surface area (Å²) in [5.41, 5.74) is 3.06. The number of allylic oxidation sites excluding steroid dienone is 1. The summed E-state index contributed by atoms with van der Waals surface area (Å²) in [6.45, 7) is 4.13. The molecule has 4 rings (SSSR count). The molecule has 0 aliphatic carbocycles. The number of fused-ring (bicyclic) bond motifs is 1. The number of cyclic esters (lactones) is 1. The van der Waals surface area contributed by atoms with Crippen molar-refractivity contribution >= 4 is 5.97 Å². The number of carbonyl (C=O) groups excluding carboxylic acids is 1. The maximum atomic E-state index is 12.8. The van der Waals surface area contributed by atoms with Crippen molar-refractivity contribution in [2.45, 2.75) is 31.9 Å². The molecule has 0 unspecified atom stereocenters. The number of hydrogen-bond acceptors (Lipinski definition) is 3. The molecule has 2 aliphatic heterocycles. The van der Waals surface area contributed by atoms with Gasteiger partial charge in [-0.2, -0.15) is 0 Å². The van der Waals surface area contributed by atoms with E-state index < -0.39 is 5.60 Å². The molecular formula is C21H21NO2. The van der Waals surface area contributed by atoms with Crippen LogP contribution < -0.4 is 5.32 Å². The first kappa shape index (κ1) is 15.0. The SMILES string of the molecule is CC1=C2C(=O)OC(c3ccccc3)(c3ccccc3)[C@@H]2C[C@@H](C)N1. The van der Waals surface area contributed by atoms with Gasteiger partial charge in [0.15, 0.2) is 5.60 Å². The average molecular weight is 319 g/mol. The highest BCUT2D eigenvalue weighted by Gasteiger charge is 2.56. The molecule has 0 amide bonds. The van der Waals surface area contributed by atoms with Crippen molar-refractivity contribution < 1.29 is 9.53 Å². The highest BCUT2D eigenvalue weighted by Crippen LogP contribution is 2.52. The molecule has 0 saturated carbocycles. The molecule has 2 aliphatic rings. The number of rotatable bonds is 2. The van der Waals surface area contributed by atoms with Gasteiger partial charge in [0.05, 0.1) is 5.57 Å². The lowest BCUT2D eigenvalue weighted by molar-refractivity contribution is -0.145. The molecule has 3 nitrogen and oxygen atoms in total. The number of hydrogen-bond donors (Lipinski definition) is 1. The first-order valence-electron chi connectivity index (χ1n) is 8.44. The average Bonchev–Trinajstić information content (AvgIpc) is 2.90. The second-order valence-electron chi connectivity index (χ2n) is 6.73. The minimum Gasteiger partial charge on any atom is -0.445 e. The zero-order valence-electron chi connectivity index (χ0n) is 14.0. The second kappa shape index (κ2) is 5.52. The van der Waals surface area contributed by atoms with E-state index in [-0.39, 0.29) is 11.9 Å². The number of esters is 1. The highest BCUT2D eigenvalue weighted by molar-refractivity contribution is 5.94. The lowest BCUT2D eigenvalue weighted by Gasteiger charge is -2.38. The van der Waals surface area contributed by atoms with E-state index >= 15 is 0 Å². The van der Waals surface area contributed by atoms with Crippen molar-refractivity contribution in [3.8, 4) is 0 Å². The molecule has 2 aromatic rings. The van der Waals surface area contributed by atoms with Crippen LogP contribution in [-0.4, -0.2) is 12.0 Å². The highest BCUT2D eigenvalue weighted by atomic mass is 16.6. The predicted molar refractivity (Wildman–Crippen MR) is 93.2 cm³/mol. The smallest absolute Gasteiger partial charge is 0.337 e. The van der Waals surface area contributed by atoms with E-state index in [1.54, 1.807) is 0 Å². The summed E-state index contributed by atoms with van der Waals surface area (Å²) >= 11 is 0. The van der Waals surface area contributed by atoms with Gasteiger partial charge in [0.1, 0.15) is 0 Å². The Morgan fingerprint density at radius 3 is 2.08 bits per heavy atom. The predicted octanol–water partition coefficient (Wildman–Crippen LogP) is 3.76. The normalized spacial score (nSPS) is 25.0. The third kappa shape index (κ3) is 2.08. The van der Waals surface area contributed by atoms with Crippen LogP contribution in [0.15, 0.2) is 71.9 Å². The van der Waals surface area contributed by atoms with Gasteiger partial charge in [0, 0.05) is 28.8 Å². The van der Waals surface area contributed by atoms with E-state index in [4.69, 9.17) is 4.74 Å². The Morgan fingerprint density at radius 2 is 1.54 bits per heavy atom. The Morgan fingerprint density at radius 1 is 1.00 bits per heavy atom. The molecule has 24 heavy (non-hydrogen) atoms. The van der Waals surface area contributed by atoms with Gasteiger partial charge >= 0.3 is 5.97 Å². The quantitative estimate of drug-likeness (QED) is 0.857. The molecule has 2 aromatic carbocycles. The van der Waals surface area contributed by atoms with Gasteiger partial charge in [-0.3, -0.25) is 0 Å². The minimum atomic E-state index is -0.743. The van der Waals surface area contributed by atoms with Crippen molar-refractivity contribution in [2.75, 3.05) is 0 Å². The molecule has 1 N–H and O–H groups in total. The zero-order chi connectivity index (χ0) is 16.7. The summed E-state index contributed by atoms with van der Waals surface area (Å²) < 4.78 is 6.15. The fourth-order valence-electron chi connectivity index (χ4n) is 4.23. The largest absolute Gasteiger partial charge is 0.445 e. The topological polar surface area (TPSA) is 38.3 Å². The lowest BCUT2D eigenvalue weighted by Crippen LogP contribution is -2.41. The van der Waals surface area contributed by atoms with Gasteiger partial charge in [-0.1, -0.05) is 60.7 Å². The molecule has 122 valence electrons. The molecule has 2 atom stereocenters. The lowest BCUT2D eigenvalue weighted by atomic mass is 9.70. The van der Waals surface area contributed by atoms with Gasteiger partial charge in [-0.05, 0) is 20.3 Å². The molecule has 0 spiro atoms. The molecule has 0 bridgehead atoms. The van der Waals surface area contributed by atoms with E-state index in [1.165, 1.54) is 0 Å². The second-order valence-corrected chi connectivity index (χ2v) is 6.73. The van der Waals surface area contributed by atoms with E-state index in [2.05, 4.69) is 36.5 Å². The number of carbonyl (C=O) groups is 1. The summed E-state index contributed by atoms with van der Waals surface area (Å²) in [6, 6.07) is 20.6. The van der Waals surface area contributed by atoms with Crippen LogP contribution in [-0.2, 0) is 15.1 Å². The number of nitrogens with one attached hydrogen (secondary N) is 1. The third-order valence-corrected chi connectivity index (χ3v) is 5.17. The standard InChI is InChI=1S/C21H21NO2/c1-14-13-18-19(15(2)22-14)20(23)24-21(18,16-9-5-3-6-10-16)17-11-7-4-8-12-17/h3-12,14,18,22H,13H2,1-2H3/t14-,18-/m1/s1. The maximum absolute atomic E-state index is 12.8. The molecule has 0 aromatic heterocycles. The minimum absolute atomic E-state index is 0.0195. The van der Waals surface area contributed by atoms with E-state index in [9.17, 15) is 4.79 Å². The van der Waals surface area contributed by atoms with Crippen LogP contribution in [0.1, 0.15) is 31.4 Å². The van der Waals surface area contributed by atoms with E-state index in [0.29, 0.717) is 6.04 Å². The molecule has 2 heterocycles. The van der Waals surface area contributed by atoms with Crippen LogP contribution in [0.25, 0.3) is 0 Å². The molecule has 1 saturated heterocycles. The van der Waals surface area contributed by atoms with Gasteiger partial charge in [-0.15, -0.1) is 0 Å². The van der Waals surface area contributed by atoms with Gasteiger partial charge < -0.3 is 10.1 Å². The Kier molecular flexibility index (Phi) is 3.45. The van der Waals surface area contributed by atoms with E-state index in [0.717, 1.165) is 28.8 Å². The number of ether oxygens (including phenoxy) is 1. The van der Waals surface area contributed by atoms with Crippen molar-refractivity contribution in [3.63, 3.8) is 0 Å². The van der Waals surface area contributed by atoms with Crippen molar-refractivity contribution in [1.29, 1.82) is 0 Å². The van der Waals surface area contributed by atoms with Crippen LogP contribution in [0.4, 0.5) is 0 Å². The Labute approximate surface area is 142 Å². The maximum Gasteiger partial charge on any atom is 0.337 e. The van der Waals surface area contributed by atoms with Crippen molar-refractivity contribution in [1.82, 2.24) is 5.32 Å². The van der Waals surface area contributed by atoms with Gasteiger partial charge in [-0.25, -0.2) is 4.79 Å². The summed E-state index contributed by atoms with van der Waals surface area (Å²) in [5, 5.41) is 3.40. The molecular weight excluding hydrogens is 298 g/mol. The Hall–Kier alpha value is -2.55. The number of benzene rings is 2. The molecule has 0 radical (unpaired) electrons. The monoisotopic (exact) mass is 319 g/mol. The zero-order valence-corrected chi connectivity index (χ0v) is 14.0. The van der Waals surface area contributed by atoms with Crippen LogP contribution >= 0.6 is 0 Å². The van der Waals surface area contributed by atoms with Crippen LogP contribution in [0, 0.1) is 5.92 Å². The van der Waals surface area contributed by atoms with Crippen molar-refractivity contribution in [3.05, 3.63) is 83.1 Å². The summed E-state index contributed by atoms with van der Waals surface area (Å²) in [4.78, 5) is 12.8. The fourth-order valence-corrected chi connectivity index (χ4v) is 4.23. The van der Waals surface area contributed by atoms with Gasteiger partial charge in [0.25, 0.3) is 0 Å². The Bertz CT molecular complexity index is 756. The van der Waals surface area contributed by atoms with Crippen LogP contribution in [0.3, 0.4) is 0 Å². The Balaban J connectivity index is 1.99.